The van der Waals surface area contributed by atoms with Gasteiger partial charge in [0.2, 0.25) is 0 Å². The highest BCUT2D eigenvalue weighted by Gasteiger charge is 2.11. The van der Waals surface area contributed by atoms with Crippen LogP contribution >= 0.6 is 0 Å². The number of benzene rings is 2. The summed E-state index contributed by atoms with van der Waals surface area (Å²) in [7, 11) is 1.60. The van der Waals surface area contributed by atoms with Crippen molar-refractivity contribution in [1.82, 2.24) is 0 Å². The summed E-state index contributed by atoms with van der Waals surface area (Å²) in [6.07, 6.45) is 0.914. The van der Waals surface area contributed by atoms with Crippen LogP contribution in [-0.4, -0.2) is 19.6 Å². The van der Waals surface area contributed by atoms with E-state index in [0.29, 0.717) is 29.4 Å². The summed E-state index contributed by atoms with van der Waals surface area (Å²) in [6, 6.07) is 12.8. The number of aryl methyl sites for hydroxylation is 1. The highest BCUT2D eigenvalue weighted by atomic mass is 16.5. The van der Waals surface area contributed by atoms with Crippen molar-refractivity contribution in [2.75, 3.05) is 19.0 Å². The second-order valence-corrected chi connectivity index (χ2v) is 4.98. The second kappa shape index (κ2) is 7.50. The molecular weight excluding hydrogens is 278 g/mol. The molecule has 0 aliphatic rings. The number of ether oxygens (including phenoxy) is 2. The largest absolute Gasteiger partial charge is 0.496 e. The standard InChI is InChI=1S/C18H21NO3/c1-4-11-22-16-8-6-5-7-15(16)19-18(20)14-10-9-13(2)17(12-14)21-3/h5-10,12H,4,11H2,1-3H3,(H,19,20). The highest BCUT2D eigenvalue weighted by Crippen LogP contribution is 2.25. The number of amides is 1. The lowest BCUT2D eigenvalue weighted by atomic mass is 10.1. The first-order valence-electron chi connectivity index (χ1n) is 7.33. The molecule has 4 nitrogen and oxygen atoms in total. The van der Waals surface area contributed by atoms with Gasteiger partial charge in [-0.1, -0.05) is 25.1 Å². The molecule has 22 heavy (non-hydrogen) atoms. The molecule has 0 bridgehead atoms. The van der Waals surface area contributed by atoms with Crippen LogP contribution in [0.15, 0.2) is 42.5 Å². The van der Waals surface area contributed by atoms with Crippen molar-refractivity contribution in [2.24, 2.45) is 0 Å². The molecule has 0 spiro atoms. The maximum Gasteiger partial charge on any atom is 0.255 e. The number of rotatable bonds is 6. The van der Waals surface area contributed by atoms with E-state index in [1.54, 1.807) is 19.2 Å². The topological polar surface area (TPSA) is 47.6 Å². The summed E-state index contributed by atoms with van der Waals surface area (Å²) >= 11 is 0. The number of methoxy groups -OCH3 is 1. The first-order chi connectivity index (χ1) is 10.7. The van der Waals surface area contributed by atoms with E-state index in [2.05, 4.69) is 5.32 Å². The summed E-state index contributed by atoms with van der Waals surface area (Å²) in [5, 5.41) is 2.89. The Morgan fingerprint density at radius 3 is 2.64 bits per heavy atom. The predicted molar refractivity (Wildman–Crippen MR) is 87.9 cm³/mol. The van der Waals surface area contributed by atoms with Gasteiger partial charge in [-0.2, -0.15) is 0 Å². The van der Waals surface area contributed by atoms with Crippen LogP contribution < -0.4 is 14.8 Å². The monoisotopic (exact) mass is 299 g/mol. The maximum absolute atomic E-state index is 12.4. The quantitative estimate of drug-likeness (QED) is 0.875. The number of para-hydroxylation sites is 2. The fraction of sp³-hybridized carbons (Fsp3) is 0.278. The third-order valence-corrected chi connectivity index (χ3v) is 3.27. The minimum atomic E-state index is -0.189. The smallest absolute Gasteiger partial charge is 0.255 e. The van der Waals surface area contributed by atoms with Crippen LogP contribution in [0.2, 0.25) is 0 Å². The molecule has 4 heteroatoms. The molecule has 0 heterocycles. The molecule has 0 radical (unpaired) electrons. The van der Waals surface area contributed by atoms with Gasteiger partial charge in [-0.25, -0.2) is 0 Å². The van der Waals surface area contributed by atoms with E-state index >= 15 is 0 Å². The minimum Gasteiger partial charge on any atom is -0.496 e. The number of hydrogen-bond donors (Lipinski definition) is 1. The van der Waals surface area contributed by atoms with E-state index in [9.17, 15) is 4.79 Å². The van der Waals surface area contributed by atoms with Gasteiger partial charge in [-0.05, 0) is 43.2 Å². The molecule has 0 saturated carbocycles. The van der Waals surface area contributed by atoms with E-state index in [1.165, 1.54) is 0 Å². The molecule has 2 aromatic rings. The molecule has 0 aliphatic carbocycles. The summed E-state index contributed by atoms with van der Waals surface area (Å²) in [4.78, 5) is 12.4. The molecule has 0 atom stereocenters. The Hall–Kier alpha value is -2.49. The number of carbonyl (C=O) groups is 1. The molecule has 0 aliphatic heterocycles. The van der Waals surface area contributed by atoms with Gasteiger partial charge in [-0.15, -0.1) is 0 Å². The molecule has 0 saturated heterocycles. The average Bonchev–Trinajstić information content (AvgIpc) is 2.54. The zero-order valence-corrected chi connectivity index (χ0v) is 13.2. The van der Waals surface area contributed by atoms with Crippen LogP contribution in [0.25, 0.3) is 0 Å². The first-order valence-corrected chi connectivity index (χ1v) is 7.33. The zero-order valence-electron chi connectivity index (χ0n) is 13.2. The van der Waals surface area contributed by atoms with Crippen molar-refractivity contribution >= 4 is 11.6 Å². The number of carbonyl (C=O) groups excluding carboxylic acids is 1. The van der Waals surface area contributed by atoms with Crippen LogP contribution in [-0.2, 0) is 0 Å². The normalized spacial score (nSPS) is 10.1. The Morgan fingerprint density at radius 1 is 1.14 bits per heavy atom. The molecule has 0 fully saturated rings. The fourth-order valence-electron chi connectivity index (χ4n) is 2.06. The molecule has 0 unspecified atom stereocenters. The van der Waals surface area contributed by atoms with Crippen molar-refractivity contribution in [3.63, 3.8) is 0 Å². The van der Waals surface area contributed by atoms with Crippen molar-refractivity contribution in [3.05, 3.63) is 53.6 Å². The summed E-state index contributed by atoms with van der Waals surface area (Å²) in [5.74, 6) is 1.19. The number of hydrogen-bond acceptors (Lipinski definition) is 3. The molecule has 1 amide bonds. The lowest BCUT2D eigenvalue weighted by Crippen LogP contribution is -2.13. The average molecular weight is 299 g/mol. The zero-order chi connectivity index (χ0) is 15.9. The van der Waals surface area contributed by atoms with Crippen LogP contribution in [0.3, 0.4) is 0 Å². The third-order valence-electron chi connectivity index (χ3n) is 3.27. The van der Waals surface area contributed by atoms with Crippen molar-refractivity contribution in [3.8, 4) is 11.5 Å². The first kappa shape index (κ1) is 15.9. The lowest BCUT2D eigenvalue weighted by molar-refractivity contribution is 0.102. The molecule has 2 rings (SSSR count). The number of nitrogens with one attached hydrogen (secondary N) is 1. The summed E-state index contributed by atoms with van der Waals surface area (Å²) in [6.45, 7) is 4.60. The Morgan fingerprint density at radius 2 is 1.91 bits per heavy atom. The van der Waals surface area contributed by atoms with E-state index in [-0.39, 0.29) is 5.91 Å². The lowest BCUT2D eigenvalue weighted by Gasteiger charge is -2.12. The fourth-order valence-corrected chi connectivity index (χ4v) is 2.06. The Bertz CT molecular complexity index is 653. The van der Waals surface area contributed by atoms with Gasteiger partial charge in [-0.3, -0.25) is 4.79 Å². The van der Waals surface area contributed by atoms with Gasteiger partial charge in [0.15, 0.2) is 0 Å². The van der Waals surface area contributed by atoms with E-state index in [4.69, 9.17) is 9.47 Å². The van der Waals surface area contributed by atoms with Crippen molar-refractivity contribution in [2.45, 2.75) is 20.3 Å². The van der Waals surface area contributed by atoms with Crippen LogP contribution in [0.5, 0.6) is 11.5 Å². The number of anilines is 1. The Kier molecular flexibility index (Phi) is 5.42. The van der Waals surface area contributed by atoms with Crippen LogP contribution in [0, 0.1) is 6.92 Å². The maximum atomic E-state index is 12.4. The van der Waals surface area contributed by atoms with E-state index in [1.807, 2.05) is 44.2 Å². The molecular formula is C18H21NO3. The van der Waals surface area contributed by atoms with Gasteiger partial charge in [0, 0.05) is 5.56 Å². The van der Waals surface area contributed by atoms with Crippen LogP contribution in [0.4, 0.5) is 5.69 Å². The third kappa shape index (κ3) is 3.79. The molecule has 2 aromatic carbocycles. The van der Waals surface area contributed by atoms with Gasteiger partial charge in [0.05, 0.1) is 19.4 Å². The highest BCUT2D eigenvalue weighted by molar-refractivity contribution is 6.05. The van der Waals surface area contributed by atoms with Gasteiger partial charge in [0.1, 0.15) is 11.5 Å². The van der Waals surface area contributed by atoms with Gasteiger partial charge in [0.25, 0.3) is 5.91 Å². The van der Waals surface area contributed by atoms with Crippen molar-refractivity contribution < 1.29 is 14.3 Å². The molecule has 116 valence electrons. The van der Waals surface area contributed by atoms with E-state index in [0.717, 1.165) is 12.0 Å². The van der Waals surface area contributed by atoms with E-state index < -0.39 is 0 Å². The second-order valence-electron chi connectivity index (χ2n) is 4.98. The SMILES string of the molecule is CCCOc1ccccc1NC(=O)c1ccc(C)c(OC)c1. The van der Waals surface area contributed by atoms with Gasteiger partial charge >= 0.3 is 0 Å². The van der Waals surface area contributed by atoms with Gasteiger partial charge < -0.3 is 14.8 Å². The molecule has 1 N–H and O–H groups in total. The van der Waals surface area contributed by atoms with Crippen molar-refractivity contribution in [1.29, 1.82) is 0 Å². The Labute approximate surface area is 131 Å². The Balaban J connectivity index is 2.18. The summed E-state index contributed by atoms with van der Waals surface area (Å²) < 4.78 is 10.9. The minimum absolute atomic E-state index is 0.189. The predicted octanol–water partition coefficient (Wildman–Crippen LogP) is 4.04. The van der Waals surface area contributed by atoms with Crippen LogP contribution in [0.1, 0.15) is 29.3 Å². The summed E-state index contributed by atoms with van der Waals surface area (Å²) in [5.41, 5.74) is 2.21. The molecule has 0 aromatic heterocycles.